The van der Waals surface area contributed by atoms with Gasteiger partial charge in [-0.05, 0) is 12.8 Å². The van der Waals surface area contributed by atoms with Crippen LogP contribution >= 0.6 is 0 Å². The molecule has 2 fully saturated rings. The van der Waals surface area contributed by atoms with Gasteiger partial charge in [-0.2, -0.15) is 0 Å². The van der Waals surface area contributed by atoms with E-state index in [4.69, 9.17) is 9.47 Å². The van der Waals surface area contributed by atoms with Crippen LogP contribution in [0.5, 0.6) is 0 Å². The second kappa shape index (κ2) is 7.21. The fraction of sp³-hybridized carbons (Fsp3) is 0.765. The molecule has 7 nitrogen and oxygen atoms in total. The minimum absolute atomic E-state index is 0.256. The quantitative estimate of drug-likeness (QED) is 0.780. The van der Waals surface area contributed by atoms with Crippen molar-refractivity contribution in [3.05, 3.63) is 32.6 Å². The van der Waals surface area contributed by atoms with Gasteiger partial charge in [0, 0.05) is 58.0 Å². The SMILES string of the molecule is CO[C@@H]1CCC[C@@H]1[C@@H]1COCCN1Cc1cc(=O)n(C)c(=O)n1C. The van der Waals surface area contributed by atoms with Gasteiger partial charge in [0.05, 0.1) is 19.3 Å². The molecular weight excluding hydrogens is 310 g/mol. The van der Waals surface area contributed by atoms with Gasteiger partial charge in [-0.3, -0.25) is 18.8 Å². The van der Waals surface area contributed by atoms with Crippen LogP contribution in [0.25, 0.3) is 0 Å². The Hall–Kier alpha value is -1.44. The molecule has 2 heterocycles. The van der Waals surface area contributed by atoms with Crippen molar-refractivity contribution in [1.82, 2.24) is 14.0 Å². The van der Waals surface area contributed by atoms with Gasteiger partial charge in [-0.15, -0.1) is 0 Å². The second-order valence-corrected chi connectivity index (χ2v) is 6.86. The molecule has 1 aromatic rings. The minimum Gasteiger partial charge on any atom is -0.381 e. The Morgan fingerprint density at radius 1 is 1.25 bits per heavy atom. The number of rotatable bonds is 4. The van der Waals surface area contributed by atoms with Gasteiger partial charge in [0.25, 0.3) is 5.56 Å². The molecule has 1 aliphatic carbocycles. The summed E-state index contributed by atoms with van der Waals surface area (Å²) in [4.78, 5) is 26.5. The van der Waals surface area contributed by atoms with E-state index in [2.05, 4.69) is 4.90 Å². The maximum Gasteiger partial charge on any atom is 0.330 e. The van der Waals surface area contributed by atoms with Crippen LogP contribution in [0.4, 0.5) is 0 Å². The predicted molar refractivity (Wildman–Crippen MR) is 90.1 cm³/mol. The molecular formula is C17H27N3O4. The number of nitrogens with zero attached hydrogens (tertiary/aromatic N) is 3. The number of methoxy groups -OCH3 is 1. The van der Waals surface area contributed by atoms with E-state index < -0.39 is 0 Å². The highest BCUT2D eigenvalue weighted by Crippen LogP contribution is 2.34. The summed E-state index contributed by atoms with van der Waals surface area (Å²) in [6, 6.07) is 1.83. The van der Waals surface area contributed by atoms with Gasteiger partial charge >= 0.3 is 5.69 Å². The average molecular weight is 337 g/mol. The zero-order chi connectivity index (χ0) is 17.3. The van der Waals surface area contributed by atoms with Crippen LogP contribution in [0.3, 0.4) is 0 Å². The standard InChI is InChI=1S/C17H27N3O4/c1-18-12(9-16(21)19(2)17(18)22)10-20-7-8-24-11-14(20)13-5-4-6-15(13)23-3/h9,13-15H,4-8,10-11H2,1-3H3/t13-,14+,15-/m1/s1. The number of morpholine rings is 1. The lowest BCUT2D eigenvalue weighted by atomic mass is 9.94. The maximum absolute atomic E-state index is 12.2. The van der Waals surface area contributed by atoms with E-state index in [1.54, 1.807) is 24.8 Å². The lowest BCUT2D eigenvalue weighted by Crippen LogP contribution is -2.51. The smallest absolute Gasteiger partial charge is 0.330 e. The van der Waals surface area contributed by atoms with E-state index in [1.807, 2.05) is 0 Å². The lowest BCUT2D eigenvalue weighted by molar-refractivity contribution is -0.0615. The topological polar surface area (TPSA) is 65.7 Å². The van der Waals surface area contributed by atoms with E-state index in [0.29, 0.717) is 25.7 Å². The highest BCUT2D eigenvalue weighted by molar-refractivity contribution is 5.04. The highest BCUT2D eigenvalue weighted by Gasteiger charge is 2.38. The summed E-state index contributed by atoms with van der Waals surface area (Å²) in [6.45, 7) is 2.76. The highest BCUT2D eigenvalue weighted by atomic mass is 16.5. The van der Waals surface area contributed by atoms with Crippen LogP contribution in [-0.2, 0) is 30.1 Å². The molecule has 0 spiro atoms. The minimum atomic E-state index is -0.280. The Balaban J connectivity index is 1.85. The summed E-state index contributed by atoms with van der Waals surface area (Å²) in [7, 11) is 5.01. The van der Waals surface area contributed by atoms with Crippen LogP contribution in [0.15, 0.2) is 15.7 Å². The number of hydrogen-bond acceptors (Lipinski definition) is 5. The summed E-state index contributed by atoms with van der Waals surface area (Å²) in [5.74, 6) is 0.443. The average Bonchev–Trinajstić information content (AvgIpc) is 3.06. The number of hydrogen-bond donors (Lipinski definition) is 0. The van der Waals surface area contributed by atoms with Gasteiger partial charge in [-0.25, -0.2) is 4.79 Å². The van der Waals surface area contributed by atoms with E-state index in [0.717, 1.165) is 29.6 Å². The first-order chi connectivity index (χ1) is 11.5. The van der Waals surface area contributed by atoms with Gasteiger partial charge in [-0.1, -0.05) is 6.42 Å². The number of ether oxygens (including phenoxy) is 2. The Labute approximate surface area is 141 Å². The molecule has 7 heteroatoms. The van der Waals surface area contributed by atoms with Crippen molar-refractivity contribution < 1.29 is 9.47 Å². The second-order valence-electron chi connectivity index (χ2n) is 6.86. The van der Waals surface area contributed by atoms with Crippen molar-refractivity contribution in [2.45, 2.75) is 38.0 Å². The molecule has 1 aliphatic heterocycles. The van der Waals surface area contributed by atoms with E-state index >= 15 is 0 Å². The zero-order valence-corrected chi connectivity index (χ0v) is 14.7. The molecule has 1 saturated heterocycles. The molecule has 134 valence electrons. The van der Waals surface area contributed by atoms with E-state index in [9.17, 15) is 9.59 Å². The normalized spacial score (nSPS) is 28.4. The summed E-state index contributed by atoms with van der Waals surface area (Å²) < 4.78 is 14.1. The van der Waals surface area contributed by atoms with Crippen LogP contribution in [-0.4, -0.2) is 53.0 Å². The summed E-state index contributed by atoms with van der Waals surface area (Å²) in [5.41, 5.74) is 0.216. The lowest BCUT2D eigenvalue weighted by Gasteiger charge is -2.40. The van der Waals surface area contributed by atoms with Crippen molar-refractivity contribution >= 4 is 0 Å². The molecule has 3 atom stereocenters. The van der Waals surface area contributed by atoms with Crippen molar-refractivity contribution in [3.63, 3.8) is 0 Å². The molecule has 3 rings (SSSR count). The summed E-state index contributed by atoms with van der Waals surface area (Å²) >= 11 is 0. The molecule has 24 heavy (non-hydrogen) atoms. The third kappa shape index (κ3) is 3.20. The van der Waals surface area contributed by atoms with Crippen LogP contribution < -0.4 is 11.2 Å². The van der Waals surface area contributed by atoms with Crippen molar-refractivity contribution in [1.29, 1.82) is 0 Å². The van der Waals surface area contributed by atoms with Crippen molar-refractivity contribution in [2.75, 3.05) is 26.9 Å². The summed E-state index contributed by atoms with van der Waals surface area (Å²) in [5, 5.41) is 0. The molecule has 0 bridgehead atoms. The Morgan fingerprint density at radius 2 is 2.04 bits per heavy atom. The van der Waals surface area contributed by atoms with Crippen molar-refractivity contribution in [2.24, 2.45) is 20.0 Å². The van der Waals surface area contributed by atoms with Gasteiger partial charge in [0.15, 0.2) is 0 Å². The summed E-state index contributed by atoms with van der Waals surface area (Å²) in [6.07, 6.45) is 3.68. The Morgan fingerprint density at radius 3 is 2.79 bits per heavy atom. The molecule has 0 amide bonds. The first-order valence-corrected chi connectivity index (χ1v) is 8.63. The molecule has 0 N–H and O–H groups in total. The third-order valence-corrected chi connectivity index (χ3v) is 5.57. The van der Waals surface area contributed by atoms with E-state index in [1.165, 1.54) is 13.5 Å². The monoisotopic (exact) mass is 337 g/mol. The van der Waals surface area contributed by atoms with Crippen LogP contribution in [0.2, 0.25) is 0 Å². The first-order valence-electron chi connectivity index (χ1n) is 8.63. The zero-order valence-electron chi connectivity index (χ0n) is 14.7. The van der Waals surface area contributed by atoms with Gasteiger partial charge in [0.1, 0.15) is 0 Å². The molecule has 0 aromatic carbocycles. The maximum atomic E-state index is 12.2. The fourth-order valence-electron chi connectivity index (χ4n) is 4.07. The first kappa shape index (κ1) is 17.4. The fourth-order valence-corrected chi connectivity index (χ4v) is 4.07. The van der Waals surface area contributed by atoms with Crippen molar-refractivity contribution in [3.8, 4) is 0 Å². The number of aromatic nitrogens is 2. The Kier molecular flexibility index (Phi) is 5.22. The van der Waals surface area contributed by atoms with E-state index in [-0.39, 0.29) is 23.4 Å². The van der Waals surface area contributed by atoms with Gasteiger partial charge in [0.2, 0.25) is 0 Å². The van der Waals surface area contributed by atoms with Gasteiger partial charge < -0.3 is 9.47 Å². The van der Waals surface area contributed by atoms with Crippen LogP contribution in [0.1, 0.15) is 25.0 Å². The molecule has 0 radical (unpaired) electrons. The Bertz CT molecular complexity index is 696. The third-order valence-electron chi connectivity index (χ3n) is 5.57. The van der Waals surface area contributed by atoms with Crippen LogP contribution in [0, 0.1) is 5.92 Å². The molecule has 1 aromatic heterocycles. The molecule has 2 aliphatic rings. The predicted octanol–water partition coefficient (Wildman–Crippen LogP) is 0.0999. The largest absolute Gasteiger partial charge is 0.381 e. The molecule has 1 saturated carbocycles. The molecule has 0 unspecified atom stereocenters.